The van der Waals surface area contributed by atoms with Gasteiger partial charge in [0.15, 0.2) is 11.6 Å². The van der Waals surface area contributed by atoms with Gasteiger partial charge in [0.25, 0.3) is 0 Å². The van der Waals surface area contributed by atoms with Crippen molar-refractivity contribution in [3.8, 4) is 16.9 Å². The molecule has 4 rings (SSSR count). The van der Waals surface area contributed by atoms with E-state index in [1.165, 1.54) is 51.4 Å². The standard InChI is InChI=1S/C51H70F2O7/c1-7-9-10-13-37-16-18-38(19-17-37)39-20-22-40(23-21-39)44-24-25-45(47(53)46(44)52)43-31-41(14-11-28-59-49(56)35(3)4)48(58-30-27-51(33-54,34-55)26-8-2)42(32-43)15-12-29-60-50(57)36(5)6/h20,22-25,31-32,37-39,54-55H,3,5,7-19,21,26-30,33-34H2,1-2,4,6H3. The third-order valence-corrected chi connectivity index (χ3v) is 12.5. The third-order valence-electron chi connectivity index (χ3n) is 12.5. The second kappa shape index (κ2) is 24.4. The lowest BCUT2D eigenvalue weighted by Crippen LogP contribution is -2.31. The van der Waals surface area contributed by atoms with Gasteiger partial charge in [0.2, 0.25) is 0 Å². The summed E-state index contributed by atoms with van der Waals surface area (Å²) < 4.78 is 49.8. The molecule has 2 aromatic rings. The molecule has 2 aliphatic rings. The summed E-state index contributed by atoms with van der Waals surface area (Å²) in [5, 5.41) is 20.4. The van der Waals surface area contributed by atoms with Crippen molar-refractivity contribution in [1.29, 1.82) is 0 Å². The van der Waals surface area contributed by atoms with E-state index < -0.39 is 29.0 Å². The van der Waals surface area contributed by atoms with Gasteiger partial charge in [-0.15, -0.1) is 0 Å². The predicted octanol–water partition coefficient (Wildman–Crippen LogP) is 11.6. The Hall–Kier alpha value is -4.08. The van der Waals surface area contributed by atoms with E-state index in [4.69, 9.17) is 14.2 Å². The van der Waals surface area contributed by atoms with Crippen molar-refractivity contribution in [2.75, 3.05) is 33.0 Å². The number of rotatable bonds is 25. The van der Waals surface area contributed by atoms with Crippen LogP contribution in [0.5, 0.6) is 5.75 Å². The van der Waals surface area contributed by atoms with Crippen molar-refractivity contribution in [3.05, 3.63) is 95.1 Å². The second-order valence-electron chi connectivity index (χ2n) is 17.3. The molecule has 0 aliphatic heterocycles. The number of esters is 2. The van der Waals surface area contributed by atoms with E-state index in [0.29, 0.717) is 78.4 Å². The molecule has 2 aliphatic carbocycles. The number of aliphatic hydroxyl groups is 2. The van der Waals surface area contributed by atoms with Crippen LogP contribution in [0.3, 0.4) is 0 Å². The zero-order chi connectivity index (χ0) is 43.7. The average molecular weight is 833 g/mol. The Morgan fingerprint density at radius 1 is 0.783 bits per heavy atom. The highest BCUT2D eigenvalue weighted by Crippen LogP contribution is 2.41. The van der Waals surface area contributed by atoms with E-state index in [-0.39, 0.29) is 55.3 Å². The predicted molar refractivity (Wildman–Crippen MR) is 236 cm³/mol. The zero-order valence-corrected chi connectivity index (χ0v) is 36.7. The van der Waals surface area contributed by atoms with Gasteiger partial charge in [0.1, 0.15) is 5.75 Å². The van der Waals surface area contributed by atoms with E-state index in [2.05, 4.69) is 32.2 Å². The summed E-state index contributed by atoms with van der Waals surface area (Å²) in [4.78, 5) is 24.3. The molecule has 0 radical (unpaired) electrons. The van der Waals surface area contributed by atoms with Gasteiger partial charge in [0.05, 0.1) is 33.0 Å². The van der Waals surface area contributed by atoms with Crippen molar-refractivity contribution in [1.82, 2.24) is 0 Å². The molecular weight excluding hydrogens is 763 g/mol. The summed E-state index contributed by atoms with van der Waals surface area (Å²) >= 11 is 0. The van der Waals surface area contributed by atoms with Crippen molar-refractivity contribution in [3.63, 3.8) is 0 Å². The number of allylic oxidation sites excluding steroid dienone is 4. The van der Waals surface area contributed by atoms with Crippen LogP contribution in [-0.4, -0.2) is 55.2 Å². The van der Waals surface area contributed by atoms with Crippen LogP contribution in [0.2, 0.25) is 0 Å². The molecule has 1 saturated carbocycles. The summed E-state index contributed by atoms with van der Waals surface area (Å²) in [5.74, 6) is -0.436. The molecule has 60 heavy (non-hydrogen) atoms. The van der Waals surface area contributed by atoms with Crippen LogP contribution < -0.4 is 4.74 Å². The lowest BCUT2D eigenvalue weighted by Gasteiger charge is -2.33. The Balaban J connectivity index is 1.62. The summed E-state index contributed by atoms with van der Waals surface area (Å²) in [6.07, 6.45) is 20.6. The average Bonchev–Trinajstić information content (AvgIpc) is 3.25. The number of ether oxygens (including phenoxy) is 3. The number of aryl methyl sites for hydroxylation is 2. The van der Waals surface area contributed by atoms with Crippen molar-refractivity contribution >= 4 is 17.5 Å². The van der Waals surface area contributed by atoms with Gasteiger partial charge >= 0.3 is 11.9 Å². The van der Waals surface area contributed by atoms with Gasteiger partial charge in [0, 0.05) is 27.7 Å². The van der Waals surface area contributed by atoms with Gasteiger partial charge in [-0.2, -0.15) is 0 Å². The number of hydrogen-bond donors (Lipinski definition) is 2. The molecule has 0 amide bonds. The Morgan fingerprint density at radius 2 is 1.37 bits per heavy atom. The maximum Gasteiger partial charge on any atom is 0.333 e. The molecule has 0 bridgehead atoms. The monoisotopic (exact) mass is 833 g/mol. The van der Waals surface area contributed by atoms with Crippen LogP contribution >= 0.6 is 0 Å². The first-order valence-corrected chi connectivity index (χ1v) is 22.4. The Labute approximate surface area is 358 Å². The van der Waals surface area contributed by atoms with Crippen LogP contribution in [0.15, 0.2) is 66.8 Å². The van der Waals surface area contributed by atoms with Crippen LogP contribution in [0.1, 0.15) is 134 Å². The highest BCUT2D eigenvalue weighted by atomic mass is 19.2. The number of carbonyl (C=O) groups excluding carboxylic acids is 2. The van der Waals surface area contributed by atoms with Gasteiger partial charge in [-0.05, 0) is 124 Å². The minimum Gasteiger partial charge on any atom is -0.493 e. The molecule has 0 aromatic heterocycles. The number of halogens is 2. The fourth-order valence-electron chi connectivity index (χ4n) is 8.73. The number of hydrogen-bond acceptors (Lipinski definition) is 7. The van der Waals surface area contributed by atoms with Crippen molar-refractivity contribution < 1.29 is 42.8 Å². The lowest BCUT2D eigenvalue weighted by atomic mass is 9.72. The highest BCUT2D eigenvalue weighted by molar-refractivity contribution is 5.87. The number of carbonyl (C=O) groups is 2. The van der Waals surface area contributed by atoms with Crippen LogP contribution in [0, 0.1) is 34.8 Å². The van der Waals surface area contributed by atoms with E-state index >= 15 is 8.78 Å². The van der Waals surface area contributed by atoms with Crippen molar-refractivity contribution in [2.24, 2.45) is 23.2 Å². The van der Waals surface area contributed by atoms with Gasteiger partial charge in [-0.1, -0.05) is 102 Å². The number of benzene rings is 2. The normalized spacial score (nSPS) is 17.9. The summed E-state index contributed by atoms with van der Waals surface area (Å²) in [6, 6.07) is 6.86. The minimum absolute atomic E-state index is 0.101. The Kier molecular flexibility index (Phi) is 19.7. The Morgan fingerprint density at radius 3 is 1.88 bits per heavy atom. The molecule has 1 fully saturated rings. The van der Waals surface area contributed by atoms with E-state index in [9.17, 15) is 19.8 Å². The summed E-state index contributed by atoms with van der Waals surface area (Å²) in [7, 11) is 0. The third kappa shape index (κ3) is 13.7. The molecule has 2 aromatic carbocycles. The first-order chi connectivity index (χ1) is 28.9. The quantitative estimate of drug-likeness (QED) is 0.0583. The van der Waals surface area contributed by atoms with E-state index in [1.54, 1.807) is 38.1 Å². The highest BCUT2D eigenvalue weighted by Gasteiger charge is 2.30. The number of aliphatic hydroxyl groups excluding tert-OH is 2. The van der Waals surface area contributed by atoms with Crippen molar-refractivity contribution in [2.45, 2.75) is 130 Å². The van der Waals surface area contributed by atoms with Crippen LogP contribution in [-0.2, 0) is 31.9 Å². The first-order valence-electron chi connectivity index (χ1n) is 22.4. The van der Waals surface area contributed by atoms with Gasteiger partial charge < -0.3 is 24.4 Å². The molecule has 2 N–H and O–H groups in total. The maximum atomic E-state index is 16.4. The number of unbranched alkanes of at least 4 members (excludes halogenated alkanes) is 2. The lowest BCUT2D eigenvalue weighted by molar-refractivity contribution is -0.139. The molecule has 1 atom stereocenters. The Bertz CT molecular complexity index is 1760. The summed E-state index contributed by atoms with van der Waals surface area (Å²) in [6.45, 7) is 14.7. The molecular formula is C51H70F2O7. The first kappa shape index (κ1) is 48.6. The molecule has 330 valence electrons. The molecule has 0 heterocycles. The molecule has 0 spiro atoms. The largest absolute Gasteiger partial charge is 0.493 e. The van der Waals surface area contributed by atoms with E-state index in [0.717, 1.165) is 18.8 Å². The fourth-order valence-corrected chi connectivity index (χ4v) is 8.73. The van der Waals surface area contributed by atoms with Crippen LogP contribution in [0.25, 0.3) is 16.7 Å². The van der Waals surface area contributed by atoms with Crippen LogP contribution in [0.4, 0.5) is 8.78 Å². The molecule has 0 saturated heterocycles. The smallest absolute Gasteiger partial charge is 0.333 e. The minimum atomic E-state index is -0.947. The maximum absolute atomic E-state index is 16.4. The van der Waals surface area contributed by atoms with Gasteiger partial charge in [-0.3, -0.25) is 0 Å². The summed E-state index contributed by atoms with van der Waals surface area (Å²) in [5.41, 5.74) is 2.72. The van der Waals surface area contributed by atoms with E-state index in [1.807, 2.05) is 13.0 Å². The van der Waals surface area contributed by atoms with Gasteiger partial charge in [-0.25, -0.2) is 18.4 Å². The topological polar surface area (TPSA) is 102 Å². The molecule has 9 heteroatoms. The fraction of sp³-hybridized carbons (Fsp3) is 0.569. The zero-order valence-electron chi connectivity index (χ0n) is 36.7. The SMILES string of the molecule is C=C(C)C(=O)OCCCc1cc(-c2ccc(C3=CCC(C4CCC(CCCCC)CC4)C=C3)c(F)c2F)cc(CCCOC(=O)C(=C)C)c1OCCC(CO)(CO)CCC. The second-order valence-corrected chi connectivity index (χ2v) is 17.3. The molecule has 7 nitrogen and oxygen atoms in total. The molecule has 1 unspecified atom stereocenters.